The highest BCUT2D eigenvalue weighted by atomic mass is 35.5. The van der Waals surface area contributed by atoms with Crippen LogP contribution in [0.4, 0.5) is 4.39 Å². The Bertz CT molecular complexity index is 726. The quantitative estimate of drug-likeness (QED) is 0.621. The van der Waals surface area contributed by atoms with Crippen molar-refractivity contribution < 1.29 is 13.9 Å². The van der Waals surface area contributed by atoms with Gasteiger partial charge in [-0.15, -0.1) is 0 Å². The molecule has 4 nitrogen and oxygen atoms in total. The maximum Gasteiger partial charge on any atom is 0.236 e. The van der Waals surface area contributed by atoms with E-state index in [4.69, 9.17) is 16.3 Å². The fourth-order valence-electron chi connectivity index (χ4n) is 2.48. The molecular weight excluding hydrogens is 355 g/mol. The Morgan fingerprint density at radius 1 is 1.15 bits per heavy atom. The zero-order chi connectivity index (χ0) is 18.9. The van der Waals surface area contributed by atoms with Gasteiger partial charge in [-0.2, -0.15) is 0 Å². The number of amides is 1. The van der Waals surface area contributed by atoms with Gasteiger partial charge in [-0.05, 0) is 37.7 Å². The number of likely N-dealkylation sites (N-methyl/N-ethyl adjacent to an activating group) is 2. The average Bonchev–Trinajstić information content (AvgIpc) is 2.60. The van der Waals surface area contributed by atoms with Crippen molar-refractivity contribution in [2.75, 3.05) is 33.8 Å². The number of rotatable bonds is 9. The van der Waals surface area contributed by atoms with Crippen LogP contribution >= 0.6 is 11.6 Å². The Morgan fingerprint density at radius 2 is 1.92 bits per heavy atom. The van der Waals surface area contributed by atoms with Gasteiger partial charge in [-0.1, -0.05) is 35.9 Å². The van der Waals surface area contributed by atoms with E-state index in [9.17, 15) is 9.18 Å². The molecule has 6 heteroatoms. The number of halogens is 2. The average molecular weight is 379 g/mol. The van der Waals surface area contributed by atoms with Gasteiger partial charge in [0.2, 0.25) is 5.91 Å². The van der Waals surface area contributed by atoms with E-state index >= 15 is 0 Å². The second-order valence-electron chi connectivity index (χ2n) is 6.24. The van der Waals surface area contributed by atoms with Gasteiger partial charge in [0.15, 0.2) is 0 Å². The van der Waals surface area contributed by atoms with Crippen LogP contribution in [-0.4, -0.2) is 49.5 Å². The monoisotopic (exact) mass is 378 g/mol. The molecule has 0 fully saturated rings. The normalized spacial score (nSPS) is 10.8. The smallest absolute Gasteiger partial charge is 0.236 e. The lowest BCUT2D eigenvalue weighted by Gasteiger charge is -2.22. The zero-order valence-corrected chi connectivity index (χ0v) is 15.9. The standard InChI is InChI=1S/C20H24ClFN2O2/c1-23(11-6-12-26-18-9-5-8-17(21)13-18)15-20(25)24(2)14-16-7-3-4-10-19(16)22/h3-5,7-10,13H,6,11-12,14-15H2,1-2H3. The van der Waals surface area contributed by atoms with Crippen molar-refractivity contribution in [1.29, 1.82) is 0 Å². The summed E-state index contributed by atoms with van der Waals surface area (Å²) in [6.45, 7) is 1.81. The minimum absolute atomic E-state index is 0.0495. The lowest BCUT2D eigenvalue weighted by Crippen LogP contribution is -2.37. The highest BCUT2D eigenvalue weighted by molar-refractivity contribution is 6.30. The Labute approximate surface area is 159 Å². The summed E-state index contributed by atoms with van der Waals surface area (Å²) in [7, 11) is 3.57. The minimum atomic E-state index is -0.293. The third-order valence-corrected chi connectivity index (χ3v) is 4.18. The number of benzene rings is 2. The number of ether oxygens (including phenoxy) is 1. The van der Waals surface area contributed by atoms with E-state index in [1.807, 2.05) is 24.1 Å². The molecule has 2 aromatic carbocycles. The highest BCUT2D eigenvalue weighted by Crippen LogP contribution is 2.17. The summed E-state index contributed by atoms with van der Waals surface area (Å²) in [6.07, 6.45) is 0.785. The van der Waals surface area contributed by atoms with Crippen molar-refractivity contribution in [3.8, 4) is 5.75 Å². The number of hydrogen-bond acceptors (Lipinski definition) is 3. The molecule has 0 spiro atoms. The van der Waals surface area contributed by atoms with Crippen LogP contribution in [0.2, 0.25) is 5.02 Å². The SMILES string of the molecule is CN(CCCOc1cccc(Cl)c1)CC(=O)N(C)Cc1ccccc1F. The molecule has 0 bridgehead atoms. The van der Waals surface area contributed by atoms with E-state index in [-0.39, 0.29) is 24.8 Å². The zero-order valence-electron chi connectivity index (χ0n) is 15.1. The van der Waals surface area contributed by atoms with E-state index in [0.29, 0.717) is 17.2 Å². The van der Waals surface area contributed by atoms with Gasteiger partial charge in [0.25, 0.3) is 0 Å². The Morgan fingerprint density at radius 3 is 2.65 bits per heavy atom. The second-order valence-corrected chi connectivity index (χ2v) is 6.67. The van der Waals surface area contributed by atoms with Gasteiger partial charge < -0.3 is 9.64 Å². The second kappa shape index (κ2) is 10.1. The summed E-state index contributed by atoms with van der Waals surface area (Å²) in [6, 6.07) is 13.8. The molecule has 1 amide bonds. The van der Waals surface area contributed by atoms with Gasteiger partial charge in [0, 0.05) is 30.7 Å². The highest BCUT2D eigenvalue weighted by Gasteiger charge is 2.13. The third-order valence-electron chi connectivity index (χ3n) is 3.95. The fourth-order valence-corrected chi connectivity index (χ4v) is 2.66. The molecule has 140 valence electrons. The lowest BCUT2D eigenvalue weighted by atomic mass is 10.2. The first kappa shape index (κ1) is 20.2. The molecule has 0 saturated carbocycles. The van der Waals surface area contributed by atoms with E-state index < -0.39 is 0 Å². The largest absolute Gasteiger partial charge is 0.493 e. The first-order valence-electron chi connectivity index (χ1n) is 8.50. The molecule has 0 aromatic heterocycles. The molecule has 0 unspecified atom stereocenters. The summed E-state index contributed by atoms with van der Waals surface area (Å²) in [5.74, 6) is 0.394. The van der Waals surface area contributed by atoms with Crippen molar-refractivity contribution in [3.63, 3.8) is 0 Å². The van der Waals surface area contributed by atoms with Gasteiger partial charge in [-0.3, -0.25) is 9.69 Å². The Balaban J connectivity index is 1.68. The maximum absolute atomic E-state index is 13.7. The molecular formula is C20H24ClFN2O2. The first-order valence-corrected chi connectivity index (χ1v) is 8.88. The third kappa shape index (κ3) is 6.65. The fraction of sp³-hybridized carbons (Fsp3) is 0.350. The summed E-state index contributed by atoms with van der Waals surface area (Å²) in [4.78, 5) is 15.7. The van der Waals surface area contributed by atoms with Gasteiger partial charge >= 0.3 is 0 Å². The van der Waals surface area contributed by atoms with Crippen LogP contribution < -0.4 is 4.74 Å². The molecule has 0 aliphatic carbocycles. The molecule has 0 aliphatic heterocycles. The van der Waals surface area contributed by atoms with Crippen LogP contribution in [-0.2, 0) is 11.3 Å². The molecule has 0 N–H and O–H groups in total. The first-order chi connectivity index (χ1) is 12.5. The predicted molar refractivity (Wildman–Crippen MR) is 102 cm³/mol. The number of carbonyl (C=O) groups excluding carboxylic acids is 1. The van der Waals surface area contributed by atoms with Crippen LogP contribution in [0.15, 0.2) is 48.5 Å². The van der Waals surface area contributed by atoms with Gasteiger partial charge in [0.05, 0.1) is 13.2 Å². The maximum atomic E-state index is 13.7. The van der Waals surface area contributed by atoms with Crippen molar-refractivity contribution in [2.24, 2.45) is 0 Å². The molecule has 0 aliphatic rings. The summed E-state index contributed by atoms with van der Waals surface area (Å²) >= 11 is 5.91. The minimum Gasteiger partial charge on any atom is -0.493 e. The Kier molecular flexibility index (Phi) is 7.88. The van der Waals surface area contributed by atoms with Crippen molar-refractivity contribution >= 4 is 17.5 Å². The molecule has 2 rings (SSSR count). The van der Waals surface area contributed by atoms with E-state index in [1.165, 1.54) is 11.0 Å². The number of carbonyl (C=O) groups is 1. The van der Waals surface area contributed by atoms with Crippen molar-refractivity contribution in [3.05, 3.63) is 64.9 Å². The van der Waals surface area contributed by atoms with E-state index in [0.717, 1.165) is 18.7 Å². The summed E-state index contributed by atoms with van der Waals surface area (Å²) < 4.78 is 19.3. The van der Waals surface area contributed by atoms with Gasteiger partial charge in [-0.25, -0.2) is 4.39 Å². The Hall–Kier alpha value is -2.11. The van der Waals surface area contributed by atoms with Crippen molar-refractivity contribution in [2.45, 2.75) is 13.0 Å². The number of hydrogen-bond donors (Lipinski definition) is 0. The van der Waals surface area contributed by atoms with Crippen LogP contribution in [0.3, 0.4) is 0 Å². The molecule has 0 atom stereocenters. The molecule has 2 aromatic rings. The van der Waals surface area contributed by atoms with E-state index in [2.05, 4.69) is 0 Å². The van der Waals surface area contributed by atoms with E-state index in [1.54, 1.807) is 37.4 Å². The molecule has 26 heavy (non-hydrogen) atoms. The van der Waals surface area contributed by atoms with Crippen LogP contribution in [0.1, 0.15) is 12.0 Å². The number of nitrogens with zero attached hydrogens (tertiary/aromatic N) is 2. The molecule has 0 radical (unpaired) electrons. The lowest BCUT2D eigenvalue weighted by molar-refractivity contribution is -0.131. The summed E-state index contributed by atoms with van der Waals surface area (Å²) in [5, 5.41) is 0.642. The van der Waals surface area contributed by atoms with Crippen LogP contribution in [0.5, 0.6) is 5.75 Å². The molecule has 0 heterocycles. The van der Waals surface area contributed by atoms with Crippen molar-refractivity contribution in [1.82, 2.24) is 9.80 Å². The topological polar surface area (TPSA) is 32.8 Å². The van der Waals surface area contributed by atoms with Crippen LogP contribution in [0, 0.1) is 5.82 Å². The molecule has 0 saturated heterocycles. The van der Waals surface area contributed by atoms with Gasteiger partial charge in [0.1, 0.15) is 11.6 Å². The summed E-state index contributed by atoms with van der Waals surface area (Å²) in [5.41, 5.74) is 0.515. The van der Waals surface area contributed by atoms with Crippen LogP contribution in [0.25, 0.3) is 0 Å². The predicted octanol–water partition coefficient (Wildman–Crippen LogP) is 3.84.